The molecule has 5 aliphatic rings. The van der Waals surface area contributed by atoms with Crippen molar-refractivity contribution in [2.45, 2.75) is 111 Å². The summed E-state index contributed by atoms with van der Waals surface area (Å²) in [6, 6.07) is 0. The number of rotatable bonds is 2. The highest BCUT2D eigenvalue weighted by atomic mass is 16.4. The number of carboxylic acid groups (broad SMARTS) is 1. The zero-order valence-electron chi connectivity index (χ0n) is 22.2. The molecule has 186 valence electrons. The van der Waals surface area contributed by atoms with E-state index in [1.54, 1.807) is 0 Å². The molecule has 1 heterocycles. The summed E-state index contributed by atoms with van der Waals surface area (Å²) in [6.45, 7) is 20.5. The van der Waals surface area contributed by atoms with E-state index in [1.165, 1.54) is 44.1 Å². The van der Waals surface area contributed by atoms with Crippen LogP contribution in [0.5, 0.6) is 0 Å². The summed E-state index contributed by atoms with van der Waals surface area (Å²) < 4.78 is 0. The van der Waals surface area contributed by atoms with Crippen LogP contribution in [0.2, 0.25) is 0 Å². The van der Waals surface area contributed by atoms with Gasteiger partial charge in [-0.3, -0.25) is 4.79 Å². The van der Waals surface area contributed by atoms with Gasteiger partial charge in [0.15, 0.2) is 0 Å². The number of fused-ring (bicyclic) bond motifs is 7. The molecule has 0 bridgehead atoms. The first-order valence-corrected chi connectivity index (χ1v) is 14.0. The quantitative estimate of drug-likeness (QED) is 0.438. The minimum absolute atomic E-state index is 0.200. The van der Waals surface area contributed by atoms with Crippen molar-refractivity contribution in [3.8, 4) is 0 Å². The fraction of sp³-hybridized carbons (Fsp3) is 0.900. The Hall–Kier alpha value is -0.830. The maximum Gasteiger partial charge on any atom is 0.309 e. The fourth-order valence-corrected chi connectivity index (χ4v) is 11.4. The van der Waals surface area contributed by atoms with E-state index in [0.29, 0.717) is 22.7 Å². The molecule has 0 radical (unpaired) electrons. The first kappa shape index (κ1) is 23.9. The van der Waals surface area contributed by atoms with Crippen molar-refractivity contribution in [1.29, 1.82) is 0 Å². The third kappa shape index (κ3) is 2.93. The minimum Gasteiger partial charge on any atom is -0.481 e. The molecular formula is C30H49NO2. The maximum absolute atomic E-state index is 12.8. The van der Waals surface area contributed by atoms with Crippen molar-refractivity contribution in [2.75, 3.05) is 6.54 Å². The normalized spacial score (nSPS) is 53.1. The molecule has 4 saturated carbocycles. The van der Waals surface area contributed by atoms with E-state index in [9.17, 15) is 9.90 Å². The lowest BCUT2D eigenvalue weighted by Crippen LogP contribution is -2.66. The molecule has 5 fully saturated rings. The Labute approximate surface area is 202 Å². The Kier molecular flexibility index (Phi) is 5.31. The van der Waals surface area contributed by atoms with Gasteiger partial charge in [-0.1, -0.05) is 32.9 Å². The highest BCUT2D eigenvalue weighted by molar-refractivity contribution is 5.76. The first-order valence-electron chi connectivity index (χ1n) is 14.0. The molecule has 0 amide bonds. The molecule has 0 spiro atoms. The number of allylic oxidation sites excluding steroid dienone is 1. The Morgan fingerprint density at radius 2 is 1.61 bits per heavy atom. The Balaban J connectivity index is 1.57. The van der Waals surface area contributed by atoms with E-state index in [0.717, 1.165) is 44.1 Å². The number of carbonyl (C=O) groups is 1. The van der Waals surface area contributed by atoms with Gasteiger partial charge in [0.2, 0.25) is 0 Å². The van der Waals surface area contributed by atoms with Gasteiger partial charge in [0.1, 0.15) is 0 Å². The molecule has 1 saturated heterocycles. The predicted molar refractivity (Wildman–Crippen MR) is 135 cm³/mol. The van der Waals surface area contributed by atoms with E-state index in [4.69, 9.17) is 0 Å². The second kappa shape index (κ2) is 7.34. The Bertz CT molecular complexity index is 848. The van der Waals surface area contributed by atoms with Gasteiger partial charge in [-0.25, -0.2) is 0 Å². The van der Waals surface area contributed by atoms with Crippen LogP contribution < -0.4 is 5.32 Å². The van der Waals surface area contributed by atoms with Crippen LogP contribution in [-0.4, -0.2) is 23.2 Å². The SMILES string of the molecule is C=C(C)[C@@H]1CC[C@]2(C(=O)O)CC[C@]3(C)[C@H](CC[C@@H]4[C@@]5(C)CCCNC(C)(C)[C@@H]5CC[C@]43C)[C@@H]12. The average Bonchev–Trinajstić information content (AvgIpc) is 3.08. The molecule has 9 atom stereocenters. The molecule has 4 aliphatic carbocycles. The number of carboxylic acids is 1. The van der Waals surface area contributed by atoms with Crippen LogP contribution in [0.25, 0.3) is 0 Å². The molecule has 3 nitrogen and oxygen atoms in total. The van der Waals surface area contributed by atoms with Crippen LogP contribution in [0.4, 0.5) is 0 Å². The average molecular weight is 456 g/mol. The van der Waals surface area contributed by atoms with Crippen molar-refractivity contribution in [1.82, 2.24) is 5.32 Å². The third-order valence-electron chi connectivity index (χ3n) is 13.1. The summed E-state index contributed by atoms with van der Waals surface area (Å²) in [4.78, 5) is 12.8. The molecule has 3 heteroatoms. The first-order chi connectivity index (χ1) is 15.3. The highest BCUT2D eigenvalue weighted by Crippen LogP contribution is 2.76. The van der Waals surface area contributed by atoms with Gasteiger partial charge >= 0.3 is 5.97 Å². The van der Waals surface area contributed by atoms with Crippen LogP contribution >= 0.6 is 0 Å². The number of aliphatic carboxylic acids is 1. The smallest absolute Gasteiger partial charge is 0.309 e. The fourth-order valence-electron chi connectivity index (χ4n) is 11.4. The molecule has 0 unspecified atom stereocenters. The zero-order chi connectivity index (χ0) is 24.0. The van der Waals surface area contributed by atoms with Crippen LogP contribution in [-0.2, 0) is 4.79 Å². The van der Waals surface area contributed by atoms with Gasteiger partial charge < -0.3 is 10.4 Å². The van der Waals surface area contributed by atoms with Crippen molar-refractivity contribution in [3.63, 3.8) is 0 Å². The second-order valence-electron chi connectivity index (χ2n) is 14.4. The van der Waals surface area contributed by atoms with Crippen LogP contribution in [0, 0.1) is 51.2 Å². The van der Waals surface area contributed by atoms with Gasteiger partial charge in [0, 0.05) is 5.54 Å². The summed E-state index contributed by atoms with van der Waals surface area (Å²) in [5, 5.41) is 14.4. The highest BCUT2D eigenvalue weighted by Gasteiger charge is 2.71. The molecule has 0 aromatic rings. The second-order valence-corrected chi connectivity index (χ2v) is 14.4. The summed E-state index contributed by atoms with van der Waals surface area (Å²) >= 11 is 0. The Morgan fingerprint density at radius 1 is 0.879 bits per heavy atom. The predicted octanol–water partition coefficient (Wildman–Crippen LogP) is 7.07. The van der Waals surface area contributed by atoms with E-state index < -0.39 is 11.4 Å². The summed E-state index contributed by atoms with van der Waals surface area (Å²) in [7, 11) is 0. The van der Waals surface area contributed by atoms with Gasteiger partial charge in [0.25, 0.3) is 0 Å². The molecular weight excluding hydrogens is 406 g/mol. The molecule has 5 rings (SSSR count). The molecule has 1 aliphatic heterocycles. The lowest BCUT2D eigenvalue weighted by atomic mass is 9.33. The van der Waals surface area contributed by atoms with Crippen molar-refractivity contribution in [2.24, 2.45) is 51.2 Å². The molecule has 0 aromatic carbocycles. The monoisotopic (exact) mass is 455 g/mol. The summed E-state index contributed by atoms with van der Waals surface area (Å²) in [5.41, 5.74) is 1.83. The van der Waals surface area contributed by atoms with Crippen LogP contribution in [0.15, 0.2) is 12.2 Å². The number of hydrogen-bond donors (Lipinski definition) is 2. The molecule has 2 N–H and O–H groups in total. The number of hydrogen-bond acceptors (Lipinski definition) is 2. The molecule has 33 heavy (non-hydrogen) atoms. The lowest BCUT2D eigenvalue weighted by Gasteiger charge is -2.71. The van der Waals surface area contributed by atoms with Gasteiger partial charge in [-0.15, -0.1) is 0 Å². The van der Waals surface area contributed by atoms with Crippen LogP contribution in [0.3, 0.4) is 0 Å². The maximum atomic E-state index is 12.8. The van der Waals surface area contributed by atoms with Crippen molar-refractivity contribution in [3.05, 3.63) is 12.2 Å². The standard InChI is InChI=1S/C30H49NO2/c1-19(2)20-11-15-30(25(32)33)17-16-28(6)21(24(20)30)9-10-23-27(5)13-8-18-31-26(3,4)22(27)12-14-29(23,28)7/h20-24,31H,1,8-18H2,2-7H3,(H,32,33)/t20-,21+,22-,23+,24+,27-,28+,29+,30-/m0/s1. The van der Waals surface area contributed by atoms with Crippen molar-refractivity contribution >= 4 is 5.97 Å². The van der Waals surface area contributed by atoms with Gasteiger partial charge in [-0.2, -0.15) is 0 Å². The van der Waals surface area contributed by atoms with E-state index in [-0.39, 0.29) is 16.9 Å². The summed E-state index contributed by atoms with van der Waals surface area (Å²) in [6.07, 6.45) is 11.6. The third-order valence-corrected chi connectivity index (χ3v) is 13.1. The van der Waals surface area contributed by atoms with Crippen molar-refractivity contribution < 1.29 is 9.90 Å². The lowest BCUT2D eigenvalue weighted by molar-refractivity contribution is -0.226. The topological polar surface area (TPSA) is 49.3 Å². The Morgan fingerprint density at radius 3 is 2.27 bits per heavy atom. The zero-order valence-corrected chi connectivity index (χ0v) is 22.2. The summed E-state index contributed by atoms with van der Waals surface area (Å²) in [5.74, 6) is 2.14. The molecule has 0 aromatic heterocycles. The van der Waals surface area contributed by atoms with E-state index in [1.807, 2.05) is 0 Å². The largest absolute Gasteiger partial charge is 0.481 e. The van der Waals surface area contributed by atoms with Gasteiger partial charge in [0.05, 0.1) is 5.41 Å². The van der Waals surface area contributed by atoms with E-state index >= 15 is 0 Å². The van der Waals surface area contributed by atoms with Crippen LogP contribution in [0.1, 0.15) is 106 Å². The minimum atomic E-state index is -0.516. The van der Waals surface area contributed by atoms with E-state index in [2.05, 4.69) is 53.4 Å². The van der Waals surface area contributed by atoms with Gasteiger partial charge in [-0.05, 0) is 137 Å². The number of nitrogens with one attached hydrogen (secondary N) is 1.